The molecule has 1 aromatic heterocycles. The number of imidazole rings is 1. The molecule has 0 aliphatic carbocycles. The van der Waals surface area contributed by atoms with Gasteiger partial charge in [0.1, 0.15) is 5.82 Å². The van der Waals surface area contributed by atoms with E-state index in [1.165, 1.54) is 0 Å². The molecule has 26 heavy (non-hydrogen) atoms. The number of benzene rings is 2. The summed E-state index contributed by atoms with van der Waals surface area (Å²) in [4.78, 5) is 20.5. The van der Waals surface area contributed by atoms with Crippen molar-refractivity contribution in [3.05, 3.63) is 59.9 Å². The molecular formula is C21H26N4O. The molecule has 3 rings (SSSR count). The fourth-order valence-electron chi connectivity index (χ4n) is 3.12. The summed E-state index contributed by atoms with van der Waals surface area (Å²) in [5, 5.41) is 3.14. The largest absolute Gasteiger partial charge is 0.399 e. The van der Waals surface area contributed by atoms with Crippen LogP contribution in [0.25, 0.3) is 11.0 Å². The van der Waals surface area contributed by atoms with Gasteiger partial charge in [-0.1, -0.05) is 44.2 Å². The van der Waals surface area contributed by atoms with Crippen molar-refractivity contribution < 1.29 is 4.79 Å². The number of carbonyl (C=O) groups is 1. The molecule has 1 amide bonds. The molecule has 2 aromatic carbocycles. The molecular weight excluding hydrogens is 324 g/mol. The van der Waals surface area contributed by atoms with Gasteiger partial charge in [-0.25, -0.2) is 4.98 Å². The quantitative estimate of drug-likeness (QED) is 0.564. The Labute approximate surface area is 154 Å². The predicted octanol–water partition coefficient (Wildman–Crippen LogP) is 3.98. The molecule has 0 fully saturated rings. The van der Waals surface area contributed by atoms with Gasteiger partial charge in [0.25, 0.3) is 0 Å². The summed E-state index contributed by atoms with van der Waals surface area (Å²) in [5.74, 6) is 1.27. The van der Waals surface area contributed by atoms with Crippen molar-refractivity contribution in [2.45, 2.75) is 39.2 Å². The van der Waals surface area contributed by atoms with Crippen LogP contribution in [0.4, 0.5) is 5.69 Å². The van der Waals surface area contributed by atoms with E-state index >= 15 is 0 Å². The number of hydrogen-bond acceptors (Lipinski definition) is 3. The van der Waals surface area contributed by atoms with Crippen molar-refractivity contribution in [2.75, 3.05) is 5.73 Å². The number of para-hydroxylation sites is 3. The summed E-state index contributed by atoms with van der Waals surface area (Å²) in [6.45, 7) is 4.29. The molecule has 4 N–H and O–H groups in total. The number of anilines is 1. The van der Waals surface area contributed by atoms with E-state index in [2.05, 4.69) is 29.1 Å². The third-order valence-electron chi connectivity index (χ3n) is 4.46. The summed E-state index contributed by atoms with van der Waals surface area (Å²) in [6.07, 6.45) is 1.87. The van der Waals surface area contributed by atoms with Crippen LogP contribution < -0.4 is 11.1 Å². The van der Waals surface area contributed by atoms with Gasteiger partial charge >= 0.3 is 0 Å². The number of amides is 1. The Hall–Kier alpha value is -2.82. The van der Waals surface area contributed by atoms with Crippen LogP contribution in [0.3, 0.4) is 0 Å². The highest BCUT2D eigenvalue weighted by Crippen LogP contribution is 2.22. The smallest absolute Gasteiger partial charge is 0.220 e. The van der Waals surface area contributed by atoms with Gasteiger partial charge in [-0.05, 0) is 42.5 Å². The average molecular weight is 350 g/mol. The normalized spacial score (nSPS) is 12.4. The Morgan fingerprint density at radius 2 is 1.88 bits per heavy atom. The highest BCUT2D eigenvalue weighted by Gasteiger charge is 2.19. The zero-order valence-corrected chi connectivity index (χ0v) is 15.3. The first-order valence-corrected chi connectivity index (χ1v) is 9.10. The van der Waals surface area contributed by atoms with Gasteiger partial charge < -0.3 is 16.0 Å². The summed E-state index contributed by atoms with van der Waals surface area (Å²) in [6, 6.07) is 15.5. The van der Waals surface area contributed by atoms with Gasteiger partial charge in [0.15, 0.2) is 0 Å². The van der Waals surface area contributed by atoms with Crippen LogP contribution >= 0.6 is 0 Å². The number of aryl methyl sites for hydroxylation is 1. The Morgan fingerprint density at radius 3 is 2.62 bits per heavy atom. The molecule has 5 nitrogen and oxygen atoms in total. The molecule has 136 valence electrons. The zero-order chi connectivity index (χ0) is 18.5. The van der Waals surface area contributed by atoms with E-state index in [0.29, 0.717) is 18.8 Å². The summed E-state index contributed by atoms with van der Waals surface area (Å²) in [7, 11) is 0. The second kappa shape index (κ2) is 8.04. The Morgan fingerprint density at radius 1 is 1.15 bits per heavy atom. The topological polar surface area (TPSA) is 83.8 Å². The molecule has 0 radical (unpaired) electrons. The first kappa shape index (κ1) is 18.0. The maximum absolute atomic E-state index is 12.5. The van der Waals surface area contributed by atoms with E-state index in [1.807, 2.05) is 48.5 Å². The molecule has 0 bridgehead atoms. The molecule has 0 aliphatic heterocycles. The van der Waals surface area contributed by atoms with Gasteiger partial charge in [0, 0.05) is 12.1 Å². The number of fused-ring (bicyclic) bond motifs is 1. The number of aromatic amines is 1. The van der Waals surface area contributed by atoms with Crippen LogP contribution in [0, 0.1) is 5.92 Å². The first-order valence-electron chi connectivity index (χ1n) is 9.10. The van der Waals surface area contributed by atoms with Crippen LogP contribution in [0.2, 0.25) is 0 Å². The van der Waals surface area contributed by atoms with E-state index in [1.54, 1.807) is 0 Å². The van der Waals surface area contributed by atoms with Crippen molar-refractivity contribution >= 4 is 22.6 Å². The van der Waals surface area contributed by atoms with Crippen molar-refractivity contribution in [3.8, 4) is 0 Å². The number of H-pyrrole nitrogens is 1. The van der Waals surface area contributed by atoms with Crippen LogP contribution in [-0.2, 0) is 11.2 Å². The third-order valence-corrected chi connectivity index (χ3v) is 4.46. The summed E-state index contributed by atoms with van der Waals surface area (Å²) in [5.41, 5.74) is 9.61. The zero-order valence-electron chi connectivity index (χ0n) is 15.3. The molecule has 1 heterocycles. The maximum Gasteiger partial charge on any atom is 0.220 e. The monoisotopic (exact) mass is 350 g/mol. The molecule has 0 saturated heterocycles. The standard InChI is InChI=1S/C21H26N4O/c1-14(2)13-19(21-24-17-9-5-6-10-18(17)25-21)23-20(26)12-11-15-7-3-4-8-16(15)22/h3-10,14,19H,11-13,22H2,1-2H3,(H,23,26)(H,24,25). The fraction of sp³-hybridized carbons (Fsp3) is 0.333. The molecule has 1 atom stereocenters. The number of nitrogens with zero attached hydrogens (tertiary/aromatic N) is 1. The number of aromatic nitrogens is 2. The number of rotatable bonds is 7. The molecule has 0 saturated carbocycles. The van der Waals surface area contributed by atoms with Crippen LogP contribution in [0.15, 0.2) is 48.5 Å². The molecule has 0 aliphatic rings. The number of nitrogen functional groups attached to an aromatic ring is 1. The van der Waals surface area contributed by atoms with Gasteiger partial charge in [0.05, 0.1) is 17.1 Å². The highest BCUT2D eigenvalue weighted by molar-refractivity contribution is 5.78. The highest BCUT2D eigenvalue weighted by atomic mass is 16.1. The SMILES string of the molecule is CC(C)CC(NC(=O)CCc1ccccc1N)c1nc2ccccc2[nH]1. The molecule has 3 aromatic rings. The van der Waals surface area contributed by atoms with Gasteiger partial charge in [-0.2, -0.15) is 0 Å². The van der Waals surface area contributed by atoms with E-state index in [0.717, 1.165) is 34.5 Å². The fourth-order valence-corrected chi connectivity index (χ4v) is 3.12. The maximum atomic E-state index is 12.5. The number of carbonyl (C=O) groups excluding carboxylic acids is 1. The number of nitrogens with one attached hydrogen (secondary N) is 2. The van der Waals surface area contributed by atoms with Crippen molar-refractivity contribution in [1.82, 2.24) is 15.3 Å². The van der Waals surface area contributed by atoms with Gasteiger partial charge in [0.2, 0.25) is 5.91 Å². The minimum atomic E-state index is -0.122. The lowest BCUT2D eigenvalue weighted by atomic mass is 10.0. The van der Waals surface area contributed by atoms with E-state index < -0.39 is 0 Å². The van der Waals surface area contributed by atoms with Gasteiger partial charge in [-0.15, -0.1) is 0 Å². The van der Waals surface area contributed by atoms with Crippen LogP contribution in [0.1, 0.15) is 44.1 Å². The summed E-state index contributed by atoms with van der Waals surface area (Å²) < 4.78 is 0. The lowest BCUT2D eigenvalue weighted by Crippen LogP contribution is -2.30. The van der Waals surface area contributed by atoms with Crippen LogP contribution in [-0.4, -0.2) is 15.9 Å². The van der Waals surface area contributed by atoms with Crippen molar-refractivity contribution in [1.29, 1.82) is 0 Å². The number of nitrogens with two attached hydrogens (primary N) is 1. The lowest BCUT2D eigenvalue weighted by Gasteiger charge is -2.19. The molecule has 0 spiro atoms. The Bertz CT molecular complexity index is 851. The predicted molar refractivity (Wildman–Crippen MR) is 106 cm³/mol. The minimum Gasteiger partial charge on any atom is -0.399 e. The third kappa shape index (κ3) is 4.42. The van der Waals surface area contributed by atoms with Gasteiger partial charge in [-0.3, -0.25) is 4.79 Å². The van der Waals surface area contributed by atoms with E-state index in [-0.39, 0.29) is 11.9 Å². The van der Waals surface area contributed by atoms with Crippen molar-refractivity contribution in [3.63, 3.8) is 0 Å². The Balaban J connectivity index is 1.69. The molecule has 5 heteroatoms. The Kier molecular flexibility index (Phi) is 5.56. The van der Waals surface area contributed by atoms with E-state index in [9.17, 15) is 4.79 Å². The molecule has 1 unspecified atom stereocenters. The lowest BCUT2D eigenvalue weighted by molar-refractivity contribution is -0.122. The van der Waals surface area contributed by atoms with Crippen molar-refractivity contribution in [2.24, 2.45) is 5.92 Å². The van der Waals surface area contributed by atoms with E-state index in [4.69, 9.17) is 5.73 Å². The second-order valence-electron chi connectivity index (χ2n) is 7.09. The minimum absolute atomic E-state index is 0.0133. The second-order valence-corrected chi connectivity index (χ2v) is 7.09. The van der Waals surface area contributed by atoms with Crippen LogP contribution in [0.5, 0.6) is 0 Å². The number of hydrogen-bond donors (Lipinski definition) is 3. The summed E-state index contributed by atoms with van der Waals surface area (Å²) >= 11 is 0. The average Bonchev–Trinajstić information content (AvgIpc) is 3.04. The first-order chi connectivity index (χ1) is 12.5.